The van der Waals surface area contributed by atoms with Gasteiger partial charge < -0.3 is 9.72 Å². The number of rotatable bonds is 1. The summed E-state index contributed by atoms with van der Waals surface area (Å²) in [6.07, 6.45) is -0.814. The number of H-pyrrole nitrogens is 1. The Labute approximate surface area is 90.6 Å². The number of para-hydroxylation sites is 2. The first kappa shape index (κ1) is 10.2. The number of nitrogens with zero attached hydrogens (tertiary/aromatic N) is 1. The van der Waals surface area contributed by atoms with Gasteiger partial charge in [0.25, 0.3) is 5.91 Å². The molecule has 1 heterocycles. The Hall–Kier alpha value is -2.37. The Morgan fingerprint density at radius 2 is 2.12 bits per heavy atom. The van der Waals surface area contributed by atoms with E-state index in [2.05, 4.69) is 14.7 Å². The van der Waals surface area contributed by atoms with Crippen molar-refractivity contribution < 1.29 is 14.3 Å². The van der Waals surface area contributed by atoms with Gasteiger partial charge in [0.1, 0.15) is 0 Å². The number of benzene rings is 1. The Kier molecular flexibility index (Phi) is 2.55. The van der Waals surface area contributed by atoms with E-state index < -0.39 is 12.0 Å². The minimum atomic E-state index is -0.814. The molecule has 0 fully saturated rings. The minimum Gasteiger partial charge on any atom is -0.453 e. The maximum Gasteiger partial charge on any atom is 0.413 e. The number of methoxy groups -OCH3 is 1. The van der Waals surface area contributed by atoms with Gasteiger partial charge in [-0.05, 0) is 12.1 Å². The zero-order valence-corrected chi connectivity index (χ0v) is 8.48. The molecule has 2 rings (SSSR count). The van der Waals surface area contributed by atoms with Crippen LogP contribution in [0.5, 0.6) is 0 Å². The largest absolute Gasteiger partial charge is 0.453 e. The van der Waals surface area contributed by atoms with Crippen molar-refractivity contribution in [3.8, 4) is 0 Å². The van der Waals surface area contributed by atoms with Crippen LogP contribution in [0.3, 0.4) is 0 Å². The maximum atomic E-state index is 11.5. The molecule has 2 amide bonds. The van der Waals surface area contributed by atoms with Crippen LogP contribution in [0.2, 0.25) is 0 Å². The first-order valence-corrected chi connectivity index (χ1v) is 4.55. The van der Waals surface area contributed by atoms with Gasteiger partial charge in [0.05, 0.1) is 18.1 Å². The number of aromatic nitrogens is 2. The smallest absolute Gasteiger partial charge is 0.413 e. The number of fused-ring (bicyclic) bond motifs is 1. The van der Waals surface area contributed by atoms with Crippen LogP contribution < -0.4 is 5.32 Å². The average molecular weight is 219 g/mol. The molecule has 6 nitrogen and oxygen atoms in total. The van der Waals surface area contributed by atoms with Gasteiger partial charge in [0.15, 0.2) is 5.82 Å². The van der Waals surface area contributed by atoms with Crippen molar-refractivity contribution in [3.05, 3.63) is 30.1 Å². The first-order valence-electron chi connectivity index (χ1n) is 4.55. The van der Waals surface area contributed by atoms with Crippen molar-refractivity contribution in [1.82, 2.24) is 15.3 Å². The molecular formula is C10H9N3O3. The second-order valence-corrected chi connectivity index (χ2v) is 3.05. The van der Waals surface area contributed by atoms with Crippen LogP contribution >= 0.6 is 0 Å². The Morgan fingerprint density at radius 3 is 2.81 bits per heavy atom. The first-order chi connectivity index (χ1) is 7.70. The van der Waals surface area contributed by atoms with Crippen molar-refractivity contribution in [2.45, 2.75) is 0 Å². The standard InChI is InChI=1S/C10H9N3O3/c1-16-10(15)13-9(14)8-11-6-4-2-3-5-7(6)12-8/h2-5H,1H3,(H,11,12)(H,13,14,15). The van der Waals surface area contributed by atoms with Gasteiger partial charge in [-0.1, -0.05) is 12.1 Å². The molecule has 0 unspecified atom stereocenters. The van der Waals surface area contributed by atoms with Crippen molar-refractivity contribution in [3.63, 3.8) is 0 Å². The zero-order valence-electron chi connectivity index (χ0n) is 8.48. The Morgan fingerprint density at radius 1 is 1.38 bits per heavy atom. The molecule has 0 spiro atoms. The number of ether oxygens (including phenoxy) is 1. The molecule has 1 aromatic carbocycles. The third-order valence-electron chi connectivity index (χ3n) is 2.01. The lowest BCUT2D eigenvalue weighted by Crippen LogP contribution is -2.30. The van der Waals surface area contributed by atoms with E-state index in [0.29, 0.717) is 5.52 Å². The van der Waals surface area contributed by atoms with Gasteiger partial charge >= 0.3 is 6.09 Å². The number of aromatic amines is 1. The molecule has 0 atom stereocenters. The summed E-state index contributed by atoms with van der Waals surface area (Å²) in [5.74, 6) is -0.547. The van der Waals surface area contributed by atoms with Gasteiger partial charge in [-0.25, -0.2) is 9.78 Å². The molecule has 0 saturated heterocycles. The van der Waals surface area contributed by atoms with E-state index in [1.54, 1.807) is 12.1 Å². The molecule has 1 aromatic heterocycles. The number of alkyl carbamates (subject to hydrolysis) is 1. The SMILES string of the molecule is COC(=O)NC(=O)c1nc2ccccc2[nH]1. The lowest BCUT2D eigenvalue weighted by Gasteiger charge is -1.98. The monoisotopic (exact) mass is 219 g/mol. The van der Waals surface area contributed by atoms with Crippen molar-refractivity contribution in [2.75, 3.05) is 7.11 Å². The second kappa shape index (κ2) is 4.01. The van der Waals surface area contributed by atoms with Crippen LogP contribution in [0.1, 0.15) is 10.6 Å². The number of carbonyl (C=O) groups excluding carboxylic acids is 2. The zero-order chi connectivity index (χ0) is 11.5. The molecule has 0 aliphatic carbocycles. The van der Waals surface area contributed by atoms with Crippen LogP contribution in [-0.2, 0) is 4.74 Å². The summed E-state index contributed by atoms with van der Waals surface area (Å²) in [5.41, 5.74) is 1.40. The number of imide groups is 1. The van der Waals surface area contributed by atoms with E-state index >= 15 is 0 Å². The number of imidazole rings is 1. The number of carbonyl (C=O) groups is 2. The van der Waals surface area contributed by atoms with Crippen LogP contribution in [-0.4, -0.2) is 29.1 Å². The van der Waals surface area contributed by atoms with E-state index in [-0.39, 0.29) is 5.82 Å². The minimum absolute atomic E-state index is 0.0756. The van der Waals surface area contributed by atoms with Crippen molar-refractivity contribution in [2.24, 2.45) is 0 Å². The highest BCUT2D eigenvalue weighted by molar-refractivity contribution is 6.02. The third-order valence-corrected chi connectivity index (χ3v) is 2.01. The fourth-order valence-corrected chi connectivity index (χ4v) is 1.26. The highest BCUT2D eigenvalue weighted by atomic mass is 16.5. The third kappa shape index (κ3) is 1.85. The van der Waals surface area contributed by atoms with Gasteiger partial charge in [-0.3, -0.25) is 10.1 Å². The number of nitrogens with one attached hydrogen (secondary N) is 2. The lowest BCUT2D eigenvalue weighted by molar-refractivity contribution is 0.0928. The van der Waals surface area contributed by atoms with E-state index in [1.807, 2.05) is 17.4 Å². The van der Waals surface area contributed by atoms with E-state index in [9.17, 15) is 9.59 Å². The molecule has 2 N–H and O–H groups in total. The fraction of sp³-hybridized carbons (Fsp3) is 0.100. The predicted octanol–water partition coefficient (Wildman–Crippen LogP) is 1.06. The number of hydrogen-bond acceptors (Lipinski definition) is 4. The summed E-state index contributed by atoms with van der Waals surface area (Å²) in [5, 5.41) is 2.01. The average Bonchev–Trinajstić information content (AvgIpc) is 2.72. The normalized spacial score (nSPS) is 10.1. The van der Waals surface area contributed by atoms with E-state index in [4.69, 9.17) is 0 Å². The maximum absolute atomic E-state index is 11.5. The molecule has 6 heteroatoms. The number of amides is 2. The van der Waals surface area contributed by atoms with Gasteiger partial charge in [0, 0.05) is 0 Å². The van der Waals surface area contributed by atoms with E-state index in [1.165, 1.54) is 7.11 Å². The highest BCUT2D eigenvalue weighted by Gasteiger charge is 2.14. The van der Waals surface area contributed by atoms with E-state index in [0.717, 1.165) is 5.52 Å². The molecule has 0 saturated carbocycles. The van der Waals surface area contributed by atoms with Gasteiger partial charge in [-0.2, -0.15) is 0 Å². The molecule has 82 valence electrons. The molecule has 0 aliphatic heterocycles. The molecule has 2 aromatic rings. The summed E-state index contributed by atoms with van der Waals surface area (Å²) in [6, 6.07) is 7.19. The predicted molar refractivity (Wildman–Crippen MR) is 56.0 cm³/mol. The summed E-state index contributed by atoms with van der Waals surface area (Å²) in [7, 11) is 1.18. The number of hydrogen-bond donors (Lipinski definition) is 2. The van der Waals surface area contributed by atoms with Gasteiger partial charge in [-0.15, -0.1) is 0 Å². The summed E-state index contributed by atoms with van der Waals surface area (Å²) in [4.78, 5) is 29.1. The van der Waals surface area contributed by atoms with Crippen LogP contribution in [0.15, 0.2) is 24.3 Å². The molecule has 16 heavy (non-hydrogen) atoms. The topological polar surface area (TPSA) is 84.1 Å². The van der Waals surface area contributed by atoms with Crippen LogP contribution in [0.25, 0.3) is 11.0 Å². The Balaban J connectivity index is 2.26. The quantitative estimate of drug-likeness (QED) is 0.751. The Bertz CT molecular complexity index is 514. The van der Waals surface area contributed by atoms with Gasteiger partial charge in [0.2, 0.25) is 0 Å². The second-order valence-electron chi connectivity index (χ2n) is 3.05. The molecular weight excluding hydrogens is 210 g/mol. The summed E-state index contributed by atoms with van der Waals surface area (Å²) in [6.45, 7) is 0. The highest BCUT2D eigenvalue weighted by Crippen LogP contribution is 2.09. The van der Waals surface area contributed by atoms with Crippen LogP contribution in [0, 0.1) is 0 Å². The molecule has 0 aliphatic rings. The van der Waals surface area contributed by atoms with Crippen LogP contribution in [0.4, 0.5) is 4.79 Å². The van der Waals surface area contributed by atoms with Crippen molar-refractivity contribution >= 4 is 23.0 Å². The fourth-order valence-electron chi connectivity index (χ4n) is 1.26. The summed E-state index contributed by atoms with van der Waals surface area (Å²) < 4.78 is 4.30. The molecule has 0 bridgehead atoms. The summed E-state index contributed by atoms with van der Waals surface area (Å²) >= 11 is 0. The lowest BCUT2D eigenvalue weighted by atomic mass is 10.3. The van der Waals surface area contributed by atoms with Crippen molar-refractivity contribution in [1.29, 1.82) is 0 Å². The molecule has 0 radical (unpaired) electrons.